The second-order valence-corrected chi connectivity index (χ2v) is 6.76. The van der Waals surface area contributed by atoms with Gasteiger partial charge in [-0.1, -0.05) is 42.5 Å². The molecule has 0 fully saturated rings. The fourth-order valence-corrected chi connectivity index (χ4v) is 3.05. The van der Waals surface area contributed by atoms with Crippen molar-refractivity contribution in [2.75, 3.05) is 18.4 Å². The molecule has 30 heavy (non-hydrogen) atoms. The van der Waals surface area contributed by atoms with Crippen molar-refractivity contribution in [3.8, 4) is 0 Å². The first-order valence-electron chi connectivity index (χ1n) is 9.67. The molecule has 7 nitrogen and oxygen atoms in total. The van der Waals surface area contributed by atoms with Gasteiger partial charge in [0.25, 0.3) is 5.91 Å². The molecule has 7 heteroatoms. The van der Waals surface area contributed by atoms with E-state index in [4.69, 9.17) is 0 Å². The zero-order valence-corrected chi connectivity index (χ0v) is 16.7. The van der Waals surface area contributed by atoms with Crippen molar-refractivity contribution in [2.45, 2.75) is 13.5 Å². The summed E-state index contributed by atoms with van der Waals surface area (Å²) in [5, 5.41) is 13.2. The Morgan fingerprint density at radius 3 is 2.23 bits per heavy atom. The molecule has 154 valence electrons. The monoisotopic (exact) mass is 404 g/mol. The summed E-state index contributed by atoms with van der Waals surface area (Å²) in [5.41, 5.74) is 2.15. The Morgan fingerprint density at radius 2 is 1.47 bits per heavy atom. The molecule has 3 aromatic rings. The third-order valence-corrected chi connectivity index (χ3v) is 4.48. The summed E-state index contributed by atoms with van der Waals surface area (Å²) in [6.45, 7) is 2.44. The van der Waals surface area contributed by atoms with Crippen LogP contribution in [0.25, 0.3) is 10.8 Å². The molecule has 0 atom stereocenters. The molecule has 0 heterocycles. The van der Waals surface area contributed by atoms with E-state index in [9.17, 15) is 14.4 Å². The van der Waals surface area contributed by atoms with E-state index in [1.165, 1.54) is 6.92 Å². The number of carbonyl (C=O) groups is 3. The van der Waals surface area contributed by atoms with E-state index in [0.717, 1.165) is 16.3 Å². The minimum Gasteiger partial charge on any atom is -0.350 e. The van der Waals surface area contributed by atoms with Crippen LogP contribution in [0.4, 0.5) is 10.5 Å². The molecule has 0 aliphatic carbocycles. The fraction of sp³-hybridized carbons (Fsp3) is 0.174. The second kappa shape index (κ2) is 10.1. The lowest BCUT2D eigenvalue weighted by molar-refractivity contribution is -0.114. The SMILES string of the molecule is CC(=O)Nc1ccc(C(=O)NCCNC(=O)NCc2cccc3ccccc23)cc1. The highest BCUT2D eigenvalue weighted by Gasteiger charge is 2.06. The number of benzene rings is 3. The number of amides is 4. The van der Waals surface area contributed by atoms with Gasteiger partial charge in [-0.05, 0) is 40.6 Å². The number of urea groups is 1. The Labute approximate surface area is 174 Å². The maximum absolute atomic E-state index is 12.1. The number of anilines is 1. The topological polar surface area (TPSA) is 99.3 Å². The van der Waals surface area contributed by atoms with Crippen molar-refractivity contribution in [1.29, 1.82) is 0 Å². The summed E-state index contributed by atoms with van der Waals surface area (Å²) in [7, 11) is 0. The minimum atomic E-state index is -0.295. The van der Waals surface area contributed by atoms with Crippen LogP contribution in [-0.4, -0.2) is 30.9 Å². The molecule has 0 unspecified atom stereocenters. The van der Waals surface area contributed by atoms with E-state index in [1.807, 2.05) is 42.5 Å². The Bertz CT molecular complexity index is 1040. The summed E-state index contributed by atoms with van der Waals surface area (Å²) in [6, 6.07) is 20.3. The van der Waals surface area contributed by atoms with Crippen molar-refractivity contribution in [2.24, 2.45) is 0 Å². The van der Waals surface area contributed by atoms with Gasteiger partial charge in [-0.3, -0.25) is 9.59 Å². The smallest absolute Gasteiger partial charge is 0.315 e. The first kappa shape index (κ1) is 20.9. The molecule has 0 saturated carbocycles. The molecule has 0 spiro atoms. The van der Waals surface area contributed by atoms with Crippen LogP contribution in [0.15, 0.2) is 66.7 Å². The van der Waals surface area contributed by atoms with E-state index in [1.54, 1.807) is 24.3 Å². The zero-order valence-electron chi connectivity index (χ0n) is 16.7. The van der Waals surface area contributed by atoms with Gasteiger partial charge in [0.15, 0.2) is 0 Å². The molecule has 0 aliphatic rings. The molecule has 4 N–H and O–H groups in total. The summed E-state index contributed by atoms with van der Waals surface area (Å²) in [4.78, 5) is 35.2. The van der Waals surface area contributed by atoms with E-state index in [-0.39, 0.29) is 17.8 Å². The summed E-state index contributed by atoms with van der Waals surface area (Å²) >= 11 is 0. The third-order valence-electron chi connectivity index (χ3n) is 4.48. The highest BCUT2D eigenvalue weighted by molar-refractivity contribution is 5.95. The van der Waals surface area contributed by atoms with Gasteiger partial charge in [0.2, 0.25) is 5.91 Å². The molecular weight excluding hydrogens is 380 g/mol. The van der Waals surface area contributed by atoms with Gasteiger partial charge in [0.1, 0.15) is 0 Å². The first-order valence-corrected chi connectivity index (χ1v) is 9.67. The lowest BCUT2D eigenvalue weighted by Crippen LogP contribution is -2.40. The average Bonchev–Trinajstić information content (AvgIpc) is 2.75. The number of nitrogens with one attached hydrogen (secondary N) is 4. The molecule has 0 bridgehead atoms. The van der Waals surface area contributed by atoms with Crippen molar-refractivity contribution < 1.29 is 14.4 Å². The highest BCUT2D eigenvalue weighted by Crippen LogP contribution is 2.18. The Kier molecular flexibility index (Phi) is 7.00. The molecule has 0 radical (unpaired) electrons. The normalized spacial score (nSPS) is 10.3. The third kappa shape index (κ3) is 5.81. The number of hydrogen-bond acceptors (Lipinski definition) is 3. The Hall–Kier alpha value is -3.87. The van der Waals surface area contributed by atoms with Gasteiger partial charge in [-0.15, -0.1) is 0 Å². The molecule has 3 rings (SSSR count). The van der Waals surface area contributed by atoms with E-state index in [0.29, 0.717) is 30.9 Å². The molecular formula is C23H24N4O3. The minimum absolute atomic E-state index is 0.169. The van der Waals surface area contributed by atoms with E-state index in [2.05, 4.69) is 21.3 Å². The van der Waals surface area contributed by atoms with Crippen molar-refractivity contribution in [3.63, 3.8) is 0 Å². The zero-order chi connectivity index (χ0) is 21.3. The molecule has 0 saturated heterocycles. The van der Waals surface area contributed by atoms with Gasteiger partial charge in [0, 0.05) is 37.8 Å². The van der Waals surface area contributed by atoms with Crippen LogP contribution in [0.2, 0.25) is 0 Å². The van der Waals surface area contributed by atoms with E-state index < -0.39 is 0 Å². The predicted octanol–water partition coefficient (Wildman–Crippen LogP) is 3.03. The van der Waals surface area contributed by atoms with Crippen LogP contribution in [0.3, 0.4) is 0 Å². The van der Waals surface area contributed by atoms with Gasteiger partial charge in [-0.2, -0.15) is 0 Å². The number of hydrogen-bond donors (Lipinski definition) is 4. The van der Waals surface area contributed by atoms with Gasteiger partial charge >= 0.3 is 6.03 Å². The van der Waals surface area contributed by atoms with Crippen LogP contribution in [0.1, 0.15) is 22.8 Å². The number of fused-ring (bicyclic) bond motifs is 1. The number of rotatable bonds is 7. The van der Waals surface area contributed by atoms with Crippen LogP contribution >= 0.6 is 0 Å². The molecule has 4 amide bonds. The number of carbonyl (C=O) groups excluding carboxylic acids is 3. The molecule has 3 aromatic carbocycles. The molecule has 0 aliphatic heterocycles. The lowest BCUT2D eigenvalue weighted by atomic mass is 10.0. The van der Waals surface area contributed by atoms with Crippen LogP contribution in [-0.2, 0) is 11.3 Å². The summed E-state index contributed by atoms with van der Waals surface area (Å²) < 4.78 is 0. The van der Waals surface area contributed by atoms with E-state index >= 15 is 0 Å². The quantitative estimate of drug-likeness (QED) is 0.456. The van der Waals surface area contributed by atoms with Gasteiger partial charge in [0.05, 0.1) is 0 Å². The average molecular weight is 404 g/mol. The highest BCUT2D eigenvalue weighted by atomic mass is 16.2. The molecule has 0 aromatic heterocycles. The summed E-state index contributed by atoms with van der Waals surface area (Å²) in [5.74, 6) is -0.417. The van der Waals surface area contributed by atoms with Crippen LogP contribution < -0.4 is 21.3 Å². The largest absolute Gasteiger partial charge is 0.350 e. The summed E-state index contributed by atoms with van der Waals surface area (Å²) in [6.07, 6.45) is 0. The predicted molar refractivity (Wildman–Crippen MR) is 117 cm³/mol. The van der Waals surface area contributed by atoms with Crippen molar-refractivity contribution in [3.05, 3.63) is 77.9 Å². The fourth-order valence-electron chi connectivity index (χ4n) is 3.05. The van der Waals surface area contributed by atoms with Gasteiger partial charge < -0.3 is 21.3 Å². The Balaban J connectivity index is 1.39. The standard InChI is InChI=1S/C23H24N4O3/c1-16(28)27-20-11-9-18(10-12-20)22(29)24-13-14-25-23(30)26-15-19-7-4-6-17-5-2-3-8-21(17)19/h2-12H,13-15H2,1H3,(H,24,29)(H,27,28)(H2,25,26,30). The maximum atomic E-state index is 12.1. The second-order valence-electron chi connectivity index (χ2n) is 6.76. The maximum Gasteiger partial charge on any atom is 0.315 e. The van der Waals surface area contributed by atoms with Crippen LogP contribution in [0, 0.1) is 0 Å². The first-order chi connectivity index (χ1) is 14.5. The van der Waals surface area contributed by atoms with Crippen LogP contribution in [0.5, 0.6) is 0 Å². The van der Waals surface area contributed by atoms with Crippen molar-refractivity contribution >= 4 is 34.3 Å². The van der Waals surface area contributed by atoms with Crippen molar-refractivity contribution in [1.82, 2.24) is 16.0 Å². The lowest BCUT2D eigenvalue weighted by Gasteiger charge is -2.10. The van der Waals surface area contributed by atoms with Gasteiger partial charge in [-0.25, -0.2) is 4.79 Å². The Morgan fingerprint density at radius 1 is 0.767 bits per heavy atom.